The summed E-state index contributed by atoms with van der Waals surface area (Å²) in [6, 6.07) is 3.58. The predicted molar refractivity (Wildman–Crippen MR) is 62.4 cm³/mol. The van der Waals surface area contributed by atoms with Crippen LogP contribution in [0.15, 0.2) is 12.1 Å². The highest BCUT2D eigenvalue weighted by atomic mass is 32.1. The van der Waals surface area contributed by atoms with Gasteiger partial charge in [0, 0.05) is 22.8 Å². The van der Waals surface area contributed by atoms with E-state index >= 15 is 0 Å². The Hall–Kier alpha value is -1.08. The second kappa shape index (κ2) is 6.75. The van der Waals surface area contributed by atoms with Crippen LogP contribution in [0.2, 0.25) is 0 Å². The quantitative estimate of drug-likeness (QED) is 0.643. The number of hydrogen-bond acceptors (Lipinski definition) is 4. The molecule has 0 unspecified atom stereocenters. The van der Waals surface area contributed by atoms with Crippen LogP contribution in [-0.4, -0.2) is 25.8 Å². The molecular weight excluding hydrogens is 267 g/mol. The van der Waals surface area contributed by atoms with Gasteiger partial charge in [-0.3, -0.25) is 4.79 Å². The van der Waals surface area contributed by atoms with Crippen LogP contribution in [-0.2, 0) is 22.5 Å². The van der Waals surface area contributed by atoms with Crippen LogP contribution >= 0.6 is 11.3 Å². The van der Waals surface area contributed by atoms with Crippen molar-refractivity contribution in [2.45, 2.75) is 25.6 Å². The minimum atomic E-state index is -4.13. The number of hydrogen-bond donors (Lipinski definition) is 1. The maximum Gasteiger partial charge on any atom is 0.390 e. The first-order valence-corrected chi connectivity index (χ1v) is 6.14. The van der Waals surface area contributed by atoms with Crippen molar-refractivity contribution in [3.05, 3.63) is 21.9 Å². The van der Waals surface area contributed by atoms with E-state index < -0.39 is 12.6 Å². The second-order valence-corrected chi connectivity index (χ2v) is 4.92. The molecule has 3 nitrogen and oxygen atoms in total. The second-order valence-electron chi connectivity index (χ2n) is 3.66. The Balaban J connectivity index is 2.29. The summed E-state index contributed by atoms with van der Waals surface area (Å²) in [6.07, 6.45) is -4.77. The van der Waals surface area contributed by atoms with Gasteiger partial charge < -0.3 is 10.1 Å². The van der Waals surface area contributed by atoms with Crippen molar-refractivity contribution in [3.8, 4) is 0 Å². The number of nitrogens with one attached hydrogen (secondary N) is 1. The molecule has 0 aliphatic carbocycles. The topological polar surface area (TPSA) is 38.3 Å². The number of carbonyl (C=O) groups is 1. The van der Waals surface area contributed by atoms with E-state index in [1.165, 1.54) is 18.4 Å². The van der Waals surface area contributed by atoms with Gasteiger partial charge in [-0.05, 0) is 12.1 Å². The van der Waals surface area contributed by atoms with Crippen molar-refractivity contribution in [1.82, 2.24) is 5.32 Å². The number of ether oxygens (including phenoxy) is 1. The molecule has 0 saturated heterocycles. The average molecular weight is 281 g/mol. The highest BCUT2D eigenvalue weighted by Crippen LogP contribution is 2.19. The molecule has 0 aromatic carbocycles. The van der Waals surface area contributed by atoms with Crippen LogP contribution in [0.1, 0.15) is 16.2 Å². The minimum Gasteiger partial charge on any atom is -0.469 e. The fourth-order valence-corrected chi connectivity index (χ4v) is 2.24. The smallest absolute Gasteiger partial charge is 0.390 e. The highest BCUT2D eigenvalue weighted by Gasteiger charge is 2.25. The first kappa shape index (κ1) is 15.0. The summed E-state index contributed by atoms with van der Waals surface area (Å²) in [5, 5.41) is 2.71. The maximum atomic E-state index is 11.9. The zero-order valence-corrected chi connectivity index (χ0v) is 10.7. The number of thiophene rings is 1. The minimum absolute atomic E-state index is 0.103. The summed E-state index contributed by atoms with van der Waals surface area (Å²) in [7, 11) is 1.32. The van der Waals surface area contributed by atoms with Crippen LogP contribution in [0.5, 0.6) is 0 Å². The van der Waals surface area contributed by atoms with Crippen LogP contribution < -0.4 is 5.32 Å². The molecule has 1 heterocycles. The van der Waals surface area contributed by atoms with Gasteiger partial charge in [0.2, 0.25) is 0 Å². The maximum absolute atomic E-state index is 11.9. The van der Waals surface area contributed by atoms with Gasteiger partial charge in [0.1, 0.15) is 0 Å². The first-order valence-electron chi connectivity index (χ1n) is 5.32. The summed E-state index contributed by atoms with van der Waals surface area (Å²) in [4.78, 5) is 12.7. The highest BCUT2D eigenvalue weighted by molar-refractivity contribution is 7.12. The molecule has 1 aromatic rings. The molecule has 0 fully saturated rings. The van der Waals surface area contributed by atoms with Crippen molar-refractivity contribution in [2.24, 2.45) is 0 Å². The van der Waals surface area contributed by atoms with Crippen LogP contribution in [0.3, 0.4) is 0 Å². The van der Waals surface area contributed by atoms with Crippen molar-refractivity contribution < 1.29 is 22.7 Å². The average Bonchev–Trinajstić information content (AvgIpc) is 2.71. The van der Waals surface area contributed by atoms with Gasteiger partial charge in [-0.25, -0.2) is 0 Å². The van der Waals surface area contributed by atoms with Gasteiger partial charge in [0.15, 0.2) is 0 Å². The lowest BCUT2D eigenvalue weighted by Crippen LogP contribution is -2.20. The van der Waals surface area contributed by atoms with E-state index in [1.807, 2.05) is 0 Å². The lowest BCUT2D eigenvalue weighted by molar-refractivity contribution is -0.139. The molecule has 0 aliphatic heterocycles. The molecule has 7 heteroatoms. The molecule has 0 amide bonds. The van der Waals surface area contributed by atoms with Gasteiger partial charge in [-0.15, -0.1) is 11.3 Å². The molecule has 0 spiro atoms. The number of rotatable bonds is 6. The van der Waals surface area contributed by atoms with Crippen LogP contribution in [0, 0.1) is 0 Å². The number of carbonyl (C=O) groups excluding carboxylic acids is 1. The predicted octanol–water partition coefficient (Wildman–Crippen LogP) is 2.51. The molecule has 0 atom stereocenters. The summed E-state index contributed by atoms with van der Waals surface area (Å²) in [5.41, 5.74) is 0. The fourth-order valence-electron chi connectivity index (χ4n) is 1.27. The third-order valence-electron chi connectivity index (χ3n) is 2.15. The first-order chi connectivity index (χ1) is 8.40. The zero-order valence-electron chi connectivity index (χ0n) is 9.84. The Bertz CT molecular complexity index is 390. The van der Waals surface area contributed by atoms with Gasteiger partial charge >= 0.3 is 12.1 Å². The van der Waals surface area contributed by atoms with Crippen molar-refractivity contribution in [2.75, 3.05) is 13.7 Å². The van der Waals surface area contributed by atoms with Gasteiger partial charge in [0.05, 0.1) is 20.0 Å². The number of esters is 1. The third-order valence-corrected chi connectivity index (χ3v) is 3.23. The van der Waals surface area contributed by atoms with Gasteiger partial charge in [0.25, 0.3) is 0 Å². The van der Waals surface area contributed by atoms with Gasteiger partial charge in [-0.1, -0.05) is 0 Å². The monoisotopic (exact) mass is 281 g/mol. The van der Waals surface area contributed by atoms with Crippen molar-refractivity contribution >= 4 is 17.3 Å². The van der Waals surface area contributed by atoms with Gasteiger partial charge in [-0.2, -0.15) is 13.2 Å². The van der Waals surface area contributed by atoms with Crippen molar-refractivity contribution in [3.63, 3.8) is 0 Å². The standard InChI is InChI=1S/C11H14F3NO2S/c1-17-10(16)6-8-2-3-9(18-8)7-15-5-4-11(12,13)14/h2-3,15H,4-7H2,1H3. The van der Waals surface area contributed by atoms with Crippen molar-refractivity contribution in [1.29, 1.82) is 0 Å². The Morgan fingerprint density at radius 2 is 2.06 bits per heavy atom. The van der Waals surface area contributed by atoms with E-state index in [4.69, 9.17) is 0 Å². The fraction of sp³-hybridized carbons (Fsp3) is 0.545. The summed E-state index contributed by atoms with van der Waals surface area (Å²) in [6.45, 7) is 0.273. The molecule has 18 heavy (non-hydrogen) atoms. The molecular formula is C11H14F3NO2S. The SMILES string of the molecule is COC(=O)Cc1ccc(CNCCC(F)(F)F)s1. The lowest BCUT2D eigenvalue weighted by Gasteiger charge is -2.06. The third kappa shape index (κ3) is 6.02. The number of alkyl halides is 3. The largest absolute Gasteiger partial charge is 0.469 e. The molecule has 0 saturated carbocycles. The molecule has 1 rings (SSSR count). The van der Waals surface area contributed by atoms with E-state index in [2.05, 4.69) is 10.1 Å². The lowest BCUT2D eigenvalue weighted by atomic mass is 10.3. The number of methoxy groups -OCH3 is 1. The van der Waals surface area contributed by atoms with Crippen LogP contribution in [0.4, 0.5) is 13.2 Å². The number of halogens is 3. The normalized spacial score (nSPS) is 11.6. The summed E-state index contributed by atoms with van der Waals surface area (Å²) < 4.78 is 40.2. The molecule has 0 bridgehead atoms. The molecule has 1 N–H and O–H groups in total. The van der Waals surface area contributed by atoms with E-state index in [9.17, 15) is 18.0 Å². The van der Waals surface area contributed by atoms with E-state index in [1.54, 1.807) is 12.1 Å². The molecule has 102 valence electrons. The van der Waals surface area contributed by atoms with Crippen LogP contribution in [0.25, 0.3) is 0 Å². The zero-order chi connectivity index (χ0) is 13.6. The van der Waals surface area contributed by atoms with E-state index in [0.29, 0.717) is 6.54 Å². The Kier molecular flexibility index (Phi) is 5.61. The molecule has 0 radical (unpaired) electrons. The summed E-state index contributed by atoms with van der Waals surface area (Å²) >= 11 is 1.39. The van der Waals surface area contributed by atoms with E-state index in [0.717, 1.165) is 9.75 Å². The molecule has 0 aliphatic rings. The Labute approximate surface area is 107 Å². The summed E-state index contributed by atoms with van der Waals surface area (Å²) in [5.74, 6) is -0.326. The van der Waals surface area contributed by atoms with E-state index in [-0.39, 0.29) is 18.9 Å². The Morgan fingerprint density at radius 1 is 1.39 bits per heavy atom. The molecule has 1 aromatic heterocycles. The Morgan fingerprint density at radius 3 is 2.67 bits per heavy atom.